The number of hydrogen-bond acceptors (Lipinski definition) is 2. The lowest BCUT2D eigenvalue weighted by atomic mass is 9.84. The number of nitrogens with two attached hydrogens (primary N) is 1. The molecule has 1 aromatic rings. The lowest BCUT2D eigenvalue weighted by Crippen LogP contribution is -2.28. The quantitative estimate of drug-likeness (QED) is 0.766. The average Bonchev–Trinajstić information content (AvgIpc) is 2.43. The van der Waals surface area contributed by atoms with E-state index in [4.69, 9.17) is 5.73 Å². The molecular weight excluding hydrogens is 254 g/mol. The van der Waals surface area contributed by atoms with Gasteiger partial charge in [-0.25, -0.2) is 0 Å². The minimum absolute atomic E-state index is 0.141. The van der Waals surface area contributed by atoms with Crippen molar-refractivity contribution in [2.45, 2.75) is 39.0 Å². The number of carbonyl (C=O) groups is 2. The number of carbonyl (C=O) groups excluding carboxylic acids is 1. The zero-order chi connectivity index (χ0) is 15.1. The summed E-state index contributed by atoms with van der Waals surface area (Å²) in [6.07, 6.45) is 1.42. The van der Waals surface area contributed by atoms with Crippen molar-refractivity contribution in [3.05, 3.63) is 35.9 Å². The Morgan fingerprint density at radius 1 is 1.15 bits per heavy atom. The van der Waals surface area contributed by atoms with E-state index < -0.39 is 17.8 Å². The van der Waals surface area contributed by atoms with Crippen molar-refractivity contribution in [2.24, 2.45) is 17.6 Å². The highest BCUT2D eigenvalue weighted by Gasteiger charge is 2.26. The fourth-order valence-corrected chi connectivity index (χ4v) is 2.47. The molecule has 110 valence electrons. The van der Waals surface area contributed by atoms with Gasteiger partial charge in [0.25, 0.3) is 0 Å². The third kappa shape index (κ3) is 4.68. The van der Waals surface area contributed by atoms with Crippen LogP contribution >= 0.6 is 0 Å². The molecule has 1 aromatic carbocycles. The van der Waals surface area contributed by atoms with Crippen LogP contribution in [0.5, 0.6) is 0 Å². The lowest BCUT2D eigenvalue weighted by Gasteiger charge is -2.21. The highest BCUT2D eigenvalue weighted by Crippen LogP contribution is 2.28. The van der Waals surface area contributed by atoms with E-state index in [2.05, 4.69) is 0 Å². The number of primary amides is 1. The van der Waals surface area contributed by atoms with Gasteiger partial charge in [-0.1, -0.05) is 44.2 Å². The highest BCUT2D eigenvalue weighted by molar-refractivity contribution is 5.78. The molecule has 20 heavy (non-hydrogen) atoms. The van der Waals surface area contributed by atoms with Gasteiger partial charge in [0.1, 0.15) is 0 Å². The van der Waals surface area contributed by atoms with Crippen LogP contribution in [-0.4, -0.2) is 17.0 Å². The summed E-state index contributed by atoms with van der Waals surface area (Å²) in [5.74, 6) is -2.02. The summed E-state index contributed by atoms with van der Waals surface area (Å²) >= 11 is 0. The molecule has 0 aliphatic rings. The predicted octanol–water partition coefficient (Wildman–Crippen LogP) is 2.78. The van der Waals surface area contributed by atoms with Gasteiger partial charge in [0.15, 0.2) is 0 Å². The van der Waals surface area contributed by atoms with E-state index in [9.17, 15) is 14.7 Å². The van der Waals surface area contributed by atoms with Crippen molar-refractivity contribution in [3.63, 3.8) is 0 Å². The van der Waals surface area contributed by atoms with Gasteiger partial charge in [0, 0.05) is 5.92 Å². The number of rotatable bonds is 8. The maximum atomic E-state index is 11.4. The van der Waals surface area contributed by atoms with E-state index in [1.807, 2.05) is 44.2 Å². The van der Waals surface area contributed by atoms with E-state index >= 15 is 0 Å². The second-order valence-electron chi connectivity index (χ2n) is 5.33. The van der Waals surface area contributed by atoms with Crippen molar-refractivity contribution in [1.82, 2.24) is 0 Å². The van der Waals surface area contributed by atoms with Gasteiger partial charge >= 0.3 is 5.97 Å². The van der Waals surface area contributed by atoms with E-state index in [1.54, 1.807) is 0 Å². The number of benzene rings is 1. The molecule has 3 unspecified atom stereocenters. The van der Waals surface area contributed by atoms with Crippen molar-refractivity contribution in [3.8, 4) is 0 Å². The van der Waals surface area contributed by atoms with Gasteiger partial charge in [-0.15, -0.1) is 0 Å². The number of aliphatic carboxylic acids is 1. The second-order valence-corrected chi connectivity index (χ2v) is 5.33. The molecule has 0 radical (unpaired) electrons. The summed E-state index contributed by atoms with van der Waals surface area (Å²) in [6, 6.07) is 9.81. The average molecular weight is 277 g/mol. The fourth-order valence-electron chi connectivity index (χ4n) is 2.47. The first-order valence-electron chi connectivity index (χ1n) is 7.02. The third-order valence-electron chi connectivity index (χ3n) is 3.82. The summed E-state index contributed by atoms with van der Waals surface area (Å²) < 4.78 is 0. The van der Waals surface area contributed by atoms with Gasteiger partial charge < -0.3 is 10.8 Å². The first kappa shape index (κ1) is 16.2. The summed E-state index contributed by atoms with van der Waals surface area (Å²) in [6.45, 7) is 3.87. The van der Waals surface area contributed by atoms with Crippen LogP contribution in [0.4, 0.5) is 0 Å². The Morgan fingerprint density at radius 3 is 2.20 bits per heavy atom. The summed E-state index contributed by atoms with van der Waals surface area (Å²) in [7, 11) is 0. The molecule has 4 heteroatoms. The molecule has 0 aromatic heterocycles. The molecule has 1 amide bonds. The van der Waals surface area contributed by atoms with Crippen molar-refractivity contribution < 1.29 is 14.7 Å². The second kappa shape index (κ2) is 7.68. The van der Waals surface area contributed by atoms with Crippen LogP contribution in [0.1, 0.15) is 44.6 Å². The normalized spacial score (nSPS) is 15.3. The van der Waals surface area contributed by atoms with Crippen molar-refractivity contribution in [1.29, 1.82) is 0 Å². The predicted molar refractivity (Wildman–Crippen MR) is 78.2 cm³/mol. The summed E-state index contributed by atoms with van der Waals surface area (Å²) in [5, 5.41) is 9.34. The summed E-state index contributed by atoms with van der Waals surface area (Å²) in [4.78, 5) is 22.7. The molecule has 0 heterocycles. The summed E-state index contributed by atoms with van der Waals surface area (Å²) in [5.41, 5.74) is 6.42. The largest absolute Gasteiger partial charge is 0.481 e. The molecule has 3 N–H and O–H groups in total. The van der Waals surface area contributed by atoms with Crippen molar-refractivity contribution in [2.75, 3.05) is 0 Å². The molecule has 0 aliphatic heterocycles. The number of amides is 1. The van der Waals surface area contributed by atoms with E-state index in [0.717, 1.165) is 5.56 Å². The van der Waals surface area contributed by atoms with E-state index in [-0.39, 0.29) is 11.8 Å². The Morgan fingerprint density at radius 2 is 1.75 bits per heavy atom. The Kier molecular flexibility index (Phi) is 6.22. The van der Waals surface area contributed by atoms with Crippen LogP contribution in [0.2, 0.25) is 0 Å². The first-order valence-corrected chi connectivity index (χ1v) is 7.02. The van der Waals surface area contributed by atoms with Crippen molar-refractivity contribution >= 4 is 11.9 Å². The van der Waals surface area contributed by atoms with Gasteiger partial charge in [0.2, 0.25) is 5.91 Å². The maximum absolute atomic E-state index is 11.4. The molecule has 0 aliphatic carbocycles. The Bertz CT molecular complexity index is 444. The van der Waals surface area contributed by atoms with Crippen LogP contribution < -0.4 is 5.73 Å². The lowest BCUT2D eigenvalue weighted by molar-refractivity contribution is -0.143. The first-order chi connectivity index (χ1) is 9.45. The Hall–Kier alpha value is -1.84. The molecular formula is C16H23NO3. The third-order valence-corrected chi connectivity index (χ3v) is 3.82. The van der Waals surface area contributed by atoms with Gasteiger partial charge in [0.05, 0.1) is 5.92 Å². The fraction of sp³-hybridized carbons (Fsp3) is 0.500. The van der Waals surface area contributed by atoms with E-state index in [0.29, 0.717) is 19.3 Å². The topological polar surface area (TPSA) is 80.4 Å². The zero-order valence-electron chi connectivity index (χ0n) is 12.1. The Balaban J connectivity index is 2.72. The highest BCUT2D eigenvalue weighted by atomic mass is 16.4. The minimum atomic E-state index is -0.854. The van der Waals surface area contributed by atoms with Crippen LogP contribution in [-0.2, 0) is 9.59 Å². The molecule has 3 atom stereocenters. The van der Waals surface area contributed by atoms with Gasteiger partial charge in [-0.05, 0) is 30.7 Å². The minimum Gasteiger partial charge on any atom is -0.481 e. The number of carboxylic acids is 1. The molecule has 0 fully saturated rings. The molecule has 0 saturated carbocycles. The maximum Gasteiger partial charge on any atom is 0.306 e. The number of hydrogen-bond donors (Lipinski definition) is 2. The van der Waals surface area contributed by atoms with Crippen LogP contribution in [0, 0.1) is 11.8 Å². The SMILES string of the molecule is CCC(CC(CC(C)c1ccccc1)C(=O)O)C(N)=O. The van der Waals surface area contributed by atoms with E-state index in [1.165, 1.54) is 0 Å². The van der Waals surface area contributed by atoms with Gasteiger partial charge in [-0.2, -0.15) is 0 Å². The molecule has 0 bridgehead atoms. The smallest absolute Gasteiger partial charge is 0.306 e. The molecule has 4 nitrogen and oxygen atoms in total. The monoisotopic (exact) mass is 277 g/mol. The molecule has 1 rings (SSSR count). The Labute approximate surface area is 120 Å². The number of carboxylic acid groups (broad SMARTS) is 1. The molecule has 0 saturated heterocycles. The standard InChI is InChI=1S/C16H23NO3/c1-3-12(15(17)18)10-14(16(19)20)9-11(2)13-7-5-4-6-8-13/h4-8,11-12,14H,3,9-10H2,1-2H3,(H2,17,18)(H,19,20). The van der Waals surface area contributed by atoms with Crippen LogP contribution in [0.25, 0.3) is 0 Å². The van der Waals surface area contributed by atoms with Gasteiger partial charge in [-0.3, -0.25) is 9.59 Å². The van der Waals surface area contributed by atoms with Crippen LogP contribution in [0.15, 0.2) is 30.3 Å². The zero-order valence-corrected chi connectivity index (χ0v) is 12.1. The van der Waals surface area contributed by atoms with Crippen LogP contribution in [0.3, 0.4) is 0 Å². The molecule has 0 spiro atoms.